The Bertz CT molecular complexity index is 620. The minimum atomic E-state index is -0.609. The van der Waals surface area contributed by atoms with Crippen molar-refractivity contribution in [3.63, 3.8) is 0 Å². The van der Waals surface area contributed by atoms with Crippen molar-refractivity contribution in [3.8, 4) is 0 Å². The zero-order valence-electron chi connectivity index (χ0n) is 14.3. The molecule has 1 saturated heterocycles. The van der Waals surface area contributed by atoms with E-state index >= 15 is 0 Å². The topological polar surface area (TPSA) is 84.7 Å². The van der Waals surface area contributed by atoms with Gasteiger partial charge < -0.3 is 20.7 Å². The van der Waals surface area contributed by atoms with Crippen LogP contribution >= 0.6 is 0 Å². The predicted molar refractivity (Wildman–Crippen MR) is 89.1 cm³/mol. The number of carbonyl (C=O) groups is 2. The maximum Gasteiger partial charge on any atom is 0.410 e. The van der Waals surface area contributed by atoms with Gasteiger partial charge in [0.15, 0.2) is 0 Å². The smallest absolute Gasteiger partial charge is 0.410 e. The predicted octanol–water partition coefficient (Wildman–Crippen LogP) is 2.54. The number of amides is 2. The third kappa shape index (κ3) is 4.84. The molecule has 1 fully saturated rings. The van der Waals surface area contributed by atoms with E-state index in [4.69, 9.17) is 10.5 Å². The van der Waals surface area contributed by atoms with Crippen LogP contribution < -0.4 is 11.1 Å². The monoisotopic (exact) mass is 337 g/mol. The first-order chi connectivity index (χ1) is 11.2. The highest BCUT2D eigenvalue weighted by Gasteiger charge is 2.27. The van der Waals surface area contributed by atoms with E-state index in [1.165, 1.54) is 12.1 Å². The molecule has 3 N–H and O–H groups in total. The molecule has 2 rings (SSSR count). The van der Waals surface area contributed by atoms with Gasteiger partial charge in [-0.1, -0.05) is 0 Å². The number of hydrogen-bond donors (Lipinski definition) is 2. The molecule has 1 aromatic carbocycles. The Morgan fingerprint density at radius 2 is 1.92 bits per heavy atom. The van der Waals surface area contributed by atoms with E-state index in [1.54, 1.807) is 4.90 Å². The zero-order chi connectivity index (χ0) is 17.9. The van der Waals surface area contributed by atoms with Gasteiger partial charge in [0.2, 0.25) is 0 Å². The maximum atomic E-state index is 13.4. The van der Waals surface area contributed by atoms with Crippen LogP contribution in [0, 0.1) is 5.82 Å². The van der Waals surface area contributed by atoms with Gasteiger partial charge in [0.1, 0.15) is 11.4 Å². The molecule has 0 saturated carbocycles. The number of benzene rings is 1. The number of nitrogens with two attached hydrogens (primary N) is 1. The lowest BCUT2D eigenvalue weighted by Gasteiger charge is -2.33. The Kier molecular flexibility index (Phi) is 5.31. The van der Waals surface area contributed by atoms with Crippen LogP contribution in [0.15, 0.2) is 18.2 Å². The summed E-state index contributed by atoms with van der Waals surface area (Å²) in [5.74, 6) is -0.952. The van der Waals surface area contributed by atoms with Crippen molar-refractivity contribution in [2.24, 2.45) is 0 Å². The molecule has 6 nitrogen and oxygen atoms in total. The van der Waals surface area contributed by atoms with Crippen LogP contribution in [0.25, 0.3) is 0 Å². The van der Waals surface area contributed by atoms with Gasteiger partial charge in [0, 0.05) is 24.7 Å². The van der Waals surface area contributed by atoms with Gasteiger partial charge in [-0.3, -0.25) is 4.79 Å². The standard InChI is InChI=1S/C17H24FN3O3/c1-17(2,3)24-16(23)21-8-6-12(7-9-21)20-15(22)11-4-5-14(19)13(18)10-11/h4-5,10,12H,6-9,19H2,1-3H3,(H,20,22). The minimum absolute atomic E-state index is 0.0113. The Morgan fingerprint density at radius 3 is 2.46 bits per heavy atom. The molecule has 0 atom stereocenters. The van der Waals surface area contributed by atoms with Crippen molar-refractivity contribution in [2.75, 3.05) is 18.8 Å². The van der Waals surface area contributed by atoms with Crippen LogP contribution in [-0.4, -0.2) is 41.6 Å². The lowest BCUT2D eigenvalue weighted by molar-refractivity contribution is 0.0199. The lowest BCUT2D eigenvalue weighted by atomic mass is 10.0. The summed E-state index contributed by atoms with van der Waals surface area (Å²) in [6.45, 7) is 6.49. The highest BCUT2D eigenvalue weighted by molar-refractivity contribution is 5.94. The van der Waals surface area contributed by atoms with Crippen LogP contribution in [0.2, 0.25) is 0 Å². The number of hydrogen-bond acceptors (Lipinski definition) is 4. The van der Waals surface area contributed by atoms with E-state index in [1.807, 2.05) is 20.8 Å². The van der Waals surface area contributed by atoms with Gasteiger partial charge in [-0.05, 0) is 51.8 Å². The van der Waals surface area contributed by atoms with E-state index < -0.39 is 11.4 Å². The normalized spacial score (nSPS) is 15.9. The number of ether oxygens (including phenoxy) is 1. The second kappa shape index (κ2) is 7.07. The average molecular weight is 337 g/mol. The molecule has 1 heterocycles. The molecule has 0 aliphatic carbocycles. The molecular weight excluding hydrogens is 313 g/mol. The summed E-state index contributed by atoms with van der Waals surface area (Å²) in [4.78, 5) is 25.8. The maximum absolute atomic E-state index is 13.4. The third-order valence-corrected chi connectivity index (χ3v) is 3.74. The van der Waals surface area contributed by atoms with Crippen molar-refractivity contribution < 1.29 is 18.7 Å². The van der Waals surface area contributed by atoms with Crippen molar-refractivity contribution in [3.05, 3.63) is 29.6 Å². The van der Waals surface area contributed by atoms with E-state index in [2.05, 4.69) is 5.32 Å². The molecule has 24 heavy (non-hydrogen) atoms. The van der Waals surface area contributed by atoms with Gasteiger partial charge >= 0.3 is 6.09 Å². The van der Waals surface area contributed by atoms with Gasteiger partial charge in [0.05, 0.1) is 5.69 Å². The first kappa shape index (κ1) is 18.0. The Hall–Kier alpha value is -2.31. The molecule has 1 aliphatic rings. The molecule has 1 aromatic rings. The molecule has 2 amide bonds. The fraction of sp³-hybridized carbons (Fsp3) is 0.529. The molecule has 132 valence electrons. The molecule has 0 radical (unpaired) electrons. The fourth-order valence-electron chi connectivity index (χ4n) is 2.47. The number of nitrogens with one attached hydrogen (secondary N) is 1. The third-order valence-electron chi connectivity index (χ3n) is 3.74. The van der Waals surface area contributed by atoms with Crippen molar-refractivity contribution in [1.29, 1.82) is 0 Å². The average Bonchev–Trinajstić information content (AvgIpc) is 2.49. The number of anilines is 1. The molecule has 0 spiro atoms. The summed E-state index contributed by atoms with van der Waals surface area (Å²) in [6.07, 6.45) is 0.915. The van der Waals surface area contributed by atoms with Gasteiger partial charge in [-0.25, -0.2) is 9.18 Å². The van der Waals surface area contributed by atoms with Crippen LogP contribution in [0.1, 0.15) is 44.0 Å². The van der Waals surface area contributed by atoms with Gasteiger partial charge in [-0.15, -0.1) is 0 Å². The summed E-state index contributed by atoms with van der Waals surface area (Å²) in [5.41, 5.74) is 5.12. The van der Waals surface area contributed by atoms with Crippen LogP contribution in [0.5, 0.6) is 0 Å². The number of halogens is 1. The first-order valence-corrected chi connectivity index (χ1v) is 7.99. The SMILES string of the molecule is CC(C)(C)OC(=O)N1CCC(NC(=O)c2ccc(N)c(F)c2)CC1. The summed E-state index contributed by atoms with van der Waals surface area (Å²) in [7, 11) is 0. The number of likely N-dealkylation sites (tertiary alicyclic amines) is 1. The fourth-order valence-corrected chi connectivity index (χ4v) is 2.47. The molecular formula is C17H24FN3O3. The molecule has 0 bridgehead atoms. The van der Waals surface area contributed by atoms with Crippen LogP contribution in [-0.2, 0) is 4.74 Å². The lowest BCUT2D eigenvalue weighted by Crippen LogP contribution is -2.47. The molecule has 1 aliphatic heterocycles. The number of piperidine rings is 1. The minimum Gasteiger partial charge on any atom is -0.444 e. The second-order valence-electron chi connectivity index (χ2n) is 6.95. The zero-order valence-corrected chi connectivity index (χ0v) is 14.3. The summed E-state index contributed by atoms with van der Waals surface area (Å²) < 4.78 is 18.8. The highest BCUT2D eigenvalue weighted by Crippen LogP contribution is 2.17. The number of nitrogens with zero attached hydrogens (tertiary/aromatic N) is 1. The highest BCUT2D eigenvalue weighted by atomic mass is 19.1. The summed E-state index contributed by atoms with van der Waals surface area (Å²) >= 11 is 0. The van der Waals surface area contributed by atoms with E-state index in [-0.39, 0.29) is 29.3 Å². The van der Waals surface area contributed by atoms with Crippen molar-refractivity contribution >= 4 is 17.7 Å². The largest absolute Gasteiger partial charge is 0.444 e. The van der Waals surface area contributed by atoms with Gasteiger partial charge in [-0.2, -0.15) is 0 Å². The van der Waals surface area contributed by atoms with Crippen molar-refractivity contribution in [2.45, 2.75) is 45.3 Å². The van der Waals surface area contributed by atoms with Crippen LogP contribution in [0.4, 0.5) is 14.9 Å². The molecule has 0 unspecified atom stereocenters. The summed E-state index contributed by atoms with van der Waals surface area (Å²) in [6, 6.07) is 3.93. The van der Waals surface area contributed by atoms with E-state index in [0.29, 0.717) is 25.9 Å². The van der Waals surface area contributed by atoms with Crippen LogP contribution in [0.3, 0.4) is 0 Å². The number of nitrogen functional groups attached to an aromatic ring is 1. The van der Waals surface area contributed by atoms with Gasteiger partial charge in [0.25, 0.3) is 5.91 Å². The quantitative estimate of drug-likeness (QED) is 0.812. The Labute approximate surface area is 141 Å². The Balaban J connectivity index is 1.85. The second-order valence-corrected chi connectivity index (χ2v) is 6.95. The van der Waals surface area contributed by atoms with Crippen molar-refractivity contribution in [1.82, 2.24) is 10.2 Å². The number of carbonyl (C=O) groups excluding carboxylic acids is 2. The molecule has 0 aromatic heterocycles. The Morgan fingerprint density at radius 1 is 1.29 bits per heavy atom. The summed E-state index contributed by atoms with van der Waals surface area (Å²) in [5, 5.41) is 2.86. The number of rotatable bonds is 2. The van der Waals surface area contributed by atoms with E-state index in [9.17, 15) is 14.0 Å². The van der Waals surface area contributed by atoms with E-state index in [0.717, 1.165) is 6.07 Å². The first-order valence-electron chi connectivity index (χ1n) is 7.99. The molecule has 7 heteroatoms.